The molecule has 6 heterocycles. The highest BCUT2D eigenvalue weighted by Gasteiger charge is 2.31. The first-order chi connectivity index (χ1) is 31.1. The van der Waals surface area contributed by atoms with Gasteiger partial charge >= 0.3 is 0 Å². The molecule has 0 aliphatic carbocycles. The number of piperidine rings is 2. The van der Waals surface area contributed by atoms with Gasteiger partial charge in [-0.3, -0.25) is 29.3 Å². The van der Waals surface area contributed by atoms with Crippen LogP contribution in [0.2, 0.25) is 0 Å². The summed E-state index contributed by atoms with van der Waals surface area (Å²) in [6.07, 6.45) is 6.33. The van der Waals surface area contributed by atoms with E-state index in [-0.39, 0.29) is 46.1 Å². The number of imide groups is 1. The molecule has 3 amide bonds. The molecule has 3 aliphatic heterocycles. The van der Waals surface area contributed by atoms with Gasteiger partial charge in [-0.05, 0) is 85.2 Å². The van der Waals surface area contributed by atoms with Gasteiger partial charge in [0.2, 0.25) is 33.7 Å². The van der Waals surface area contributed by atoms with Crippen LogP contribution in [-0.2, 0) is 29.8 Å². The van der Waals surface area contributed by atoms with Gasteiger partial charge in [0, 0.05) is 74.7 Å². The number of carbonyl (C=O) groups is 3. The molecule has 65 heavy (non-hydrogen) atoms. The summed E-state index contributed by atoms with van der Waals surface area (Å²) in [6.45, 7) is 12.5. The first kappa shape index (κ1) is 45.7. The molecule has 1 atom stereocenters. The minimum absolute atomic E-state index is 0.121. The summed E-state index contributed by atoms with van der Waals surface area (Å²) >= 11 is 1.42. The molecular weight excluding hydrogens is 868 g/mol. The first-order valence-electron chi connectivity index (χ1n) is 22.2. The van der Waals surface area contributed by atoms with E-state index in [2.05, 4.69) is 47.3 Å². The topological polar surface area (TPSA) is 183 Å². The Balaban J connectivity index is 0.853. The van der Waals surface area contributed by atoms with Crippen molar-refractivity contribution in [1.82, 2.24) is 35.1 Å². The molecule has 15 nitrogen and oxygen atoms in total. The van der Waals surface area contributed by atoms with Gasteiger partial charge in [-0.1, -0.05) is 45.9 Å². The van der Waals surface area contributed by atoms with E-state index in [1.54, 1.807) is 37.5 Å². The Bertz CT molecular complexity index is 2660. The number of amides is 3. The number of likely N-dealkylation sites (tertiary alicyclic amines) is 1. The third-order valence-electron chi connectivity index (χ3n) is 12.1. The molecule has 3 aliphatic rings. The number of carbonyl (C=O) groups excluding carboxylic acids is 3. The lowest BCUT2D eigenvalue weighted by molar-refractivity contribution is -0.135. The highest BCUT2D eigenvalue weighted by molar-refractivity contribution is 7.92. The number of hydrogen-bond donors (Lipinski definition) is 3. The minimum Gasteiger partial charge on any atom is -0.354 e. The number of aromatic nitrogens is 4. The number of rotatable bonds is 13. The fourth-order valence-electron chi connectivity index (χ4n) is 8.52. The maximum Gasteiger partial charge on any atom is 0.236 e. The average molecular weight is 923 g/mol. The first-order valence-corrected chi connectivity index (χ1v) is 24.7. The summed E-state index contributed by atoms with van der Waals surface area (Å²) in [6, 6.07) is 18.4. The van der Waals surface area contributed by atoms with Crippen LogP contribution in [0.5, 0.6) is 0 Å². The second kappa shape index (κ2) is 19.3. The molecule has 0 unspecified atom stereocenters. The Labute approximate surface area is 383 Å². The smallest absolute Gasteiger partial charge is 0.236 e. The zero-order valence-corrected chi connectivity index (χ0v) is 38.8. The van der Waals surface area contributed by atoms with E-state index in [4.69, 9.17) is 9.97 Å². The minimum atomic E-state index is -3.72. The van der Waals surface area contributed by atoms with Crippen molar-refractivity contribution in [2.45, 2.75) is 77.0 Å². The number of hydrogen-bond acceptors (Lipinski definition) is 13. The number of nitrogens with one attached hydrogen (secondary N) is 3. The largest absolute Gasteiger partial charge is 0.354 e. The van der Waals surface area contributed by atoms with Gasteiger partial charge in [0.05, 0.1) is 45.2 Å². The number of nitrogens with zero attached hydrogens (tertiary/aromatic N) is 7. The van der Waals surface area contributed by atoms with E-state index >= 15 is 4.39 Å². The Morgan fingerprint density at radius 2 is 1.65 bits per heavy atom. The number of anilines is 4. The summed E-state index contributed by atoms with van der Waals surface area (Å²) in [5, 5.41) is 6.53. The Morgan fingerprint density at radius 1 is 0.908 bits per heavy atom. The Morgan fingerprint density at radius 3 is 2.35 bits per heavy atom. The van der Waals surface area contributed by atoms with E-state index in [9.17, 15) is 22.8 Å². The summed E-state index contributed by atoms with van der Waals surface area (Å²) in [5.41, 5.74) is 3.49. The van der Waals surface area contributed by atoms with Gasteiger partial charge in [0.1, 0.15) is 5.82 Å². The van der Waals surface area contributed by atoms with Gasteiger partial charge in [0.25, 0.3) is 0 Å². The molecule has 342 valence electrons. The molecule has 0 bridgehead atoms. The molecule has 3 N–H and O–H groups in total. The number of thiazole rings is 1. The van der Waals surface area contributed by atoms with Crippen LogP contribution in [0.4, 0.5) is 27.5 Å². The maximum absolute atomic E-state index is 16.1. The third kappa shape index (κ3) is 10.8. The number of halogens is 1. The van der Waals surface area contributed by atoms with E-state index in [1.165, 1.54) is 23.0 Å². The van der Waals surface area contributed by atoms with Crippen molar-refractivity contribution >= 4 is 62.2 Å². The number of pyridine rings is 1. The second-order valence-electron chi connectivity index (χ2n) is 17.9. The van der Waals surface area contributed by atoms with Crippen LogP contribution in [0.25, 0.3) is 21.8 Å². The zero-order valence-electron chi connectivity index (χ0n) is 37.1. The van der Waals surface area contributed by atoms with Crippen LogP contribution in [0, 0.1) is 5.82 Å². The molecule has 2 aromatic carbocycles. The summed E-state index contributed by atoms with van der Waals surface area (Å²) < 4.78 is 43.6. The molecule has 5 aromatic rings. The highest BCUT2D eigenvalue weighted by Crippen LogP contribution is 2.42. The van der Waals surface area contributed by atoms with E-state index in [0.717, 1.165) is 61.1 Å². The molecule has 0 saturated carbocycles. The number of sulfonamides is 1. The predicted molar refractivity (Wildman–Crippen MR) is 251 cm³/mol. The van der Waals surface area contributed by atoms with Crippen LogP contribution >= 0.6 is 11.3 Å². The van der Waals surface area contributed by atoms with Crippen LogP contribution in [0.3, 0.4) is 0 Å². The molecule has 18 heteroatoms. The van der Waals surface area contributed by atoms with Crippen molar-refractivity contribution in [3.05, 3.63) is 95.0 Å². The van der Waals surface area contributed by atoms with Crippen molar-refractivity contribution in [1.29, 1.82) is 0 Å². The van der Waals surface area contributed by atoms with Gasteiger partial charge in [-0.2, -0.15) is 0 Å². The molecular formula is C47H55FN10O5S2. The third-order valence-corrected chi connectivity index (χ3v) is 15.1. The zero-order chi connectivity index (χ0) is 45.9. The van der Waals surface area contributed by atoms with Crippen molar-refractivity contribution in [3.8, 4) is 21.8 Å². The Kier molecular flexibility index (Phi) is 13.6. The molecule has 0 radical (unpaired) electrons. The van der Waals surface area contributed by atoms with Crippen LogP contribution in [0.15, 0.2) is 73.1 Å². The second-order valence-corrected chi connectivity index (χ2v) is 20.8. The molecule has 3 fully saturated rings. The fourth-order valence-corrected chi connectivity index (χ4v) is 10.8. The van der Waals surface area contributed by atoms with Crippen LogP contribution in [0.1, 0.15) is 87.8 Å². The Hall–Kier alpha value is -5.85. The summed E-state index contributed by atoms with van der Waals surface area (Å²) in [4.78, 5) is 63.2. The fraction of sp³-hybridized carbons (Fsp3) is 0.426. The van der Waals surface area contributed by atoms with Crippen molar-refractivity contribution in [3.63, 3.8) is 0 Å². The maximum atomic E-state index is 16.1. The lowest BCUT2D eigenvalue weighted by atomic mass is 9.89. The molecule has 0 spiro atoms. The highest BCUT2D eigenvalue weighted by atomic mass is 32.2. The van der Waals surface area contributed by atoms with Gasteiger partial charge in [0.15, 0.2) is 5.82 Å². The number of benzene rings is 2. The lowest BCUT2D eigenvalue weighted by Crippen LogP contribution is -2.51. The van der Waals surface area contributed by atoms with E-state index in [0.29, 0.717) is 67.0 Å². The monoisotopic (exact) mass is 922 g/mol. The van der Waals surface area contributed by atoms with Crippen LogP contribution < -0.4 is 20.3 Å². The average Bonchev–Trinajstić information content (AvgIpc) is 3.74. The van der Waals surface area contributed by atoms with Gasteiger partial charge in [-0.15, -0.1) is 11.3 Å². The van der Waals surface area contributed by atoms with Crippen molar-refractivity contribution in [2.24, 2.45) is 0 Å². The van der Waals surface area contributed by atoms with E-state index < -0.39 is 15.8 Å². The normalized spacial score (nSPS) is 17.8. The number of piperazine rings is 1. The van der Waals surface area contributed by atoms with Gasteiger partial charge in [-0.25, -0.2) is 32.7 Å². The molecule has 3 saturated heterocycles. The molecule has 8 rings (SSSR count). The standard InChI is InChI=1S/C47H55FN10O5S2/c1-5-27-65(62,63)55-36-8-6-7-35(41(36)48)42-43(64-45(54-42)47(2,3)4)37-16-20-50-46(52-37)51-33-11-9-30(10-12-33)31-17-21-58(22-18-31)40(60)29-56-23-25-57(26-24-56)38-28-32(15-19-49-38)34-13-14-39(59)53-44(34)61/h6-12,15-16,19-20,28,31,34,55H,5,13-14,17-18,21-27,29H2,1-4H3,(H,50,51,52)(H,53,59,61)/t34-/m1/s1. The molecule has 3 aromatic heterocycles. The van der Waals surface area contributed by atoms with Crippen LogP contribution in [-0.4, -0.2) is 107 Å². The van der Waals surface area contributed by atoms with Crippen molar-refractivity contribution in [2.75, 3.05) is 66.5 Å². The summed E-state index contributed by atoms with van der Waals surface area (Å²) in [5.74, 6) is -0.0419. The van der Waals surface area contributed by atoms with E-state index in [1.807, 2.05) is 49.9 Å². The van der Waals surface area contributed by atoms with Crippen molar-refractivity contribution < 1.29 is 27.2 Å². The lowest BCUT2D eigenvalue weighted by Gasteiger charge is -2.37. The quantitative estimate of drug-likeness (QED) is 0.103. The predicted octanol–water partition coefficient (Wildman–Crippen LogP) is 7.04. The summed E-state index contributed by atoms with van der Waals surface area (Å²) in [7, 11) is -3.72. The SMILES string of the molecule is CCCS(=O)(=O)Nc1cccc(-c2nc(C(C)(C)C)sc2-c2ccnc(Nc3ccc(C4CCN(C(=O)CN5CCN(c6cc([C@H]7CCC(=O)NC7=O)ccn6)CC5)CC4)cc3)n2)c1F. The van der Waals surface area contributed by atoms with Gasteiger partial charge < -0.3 is 15.1 Å².